The normalized spacial score (nSPS) is 20.8. The van der Waals surface area contributed by atoms with Gasteiger partial charge in [-0.15, -0.1) is 0 Å². The summed E-state index contributed by atoms with van der Waals surface area (Å²) in [6.07, 6.45) is 5.17. The van der Waals surface area contributed by atoms with E-state index < -0.39 is 38.6 Å². The third kappa shape index (κ3) is 8.13. The summed E-state index contributed by atoms with van der Waals surface area (Å²) in [5.74, 6) is -1.72. The van der Waals surface area contributed by atoms with E-state index in [4.69, 9.17) is 9.72 Å². The van der Waals surface area contributed by atoms with Crippen molar-refractivity contribution >= 4 is 59.3 Å². The minimum atomic E-state index is -4.11. The van der Waals surface area contributed by atoms with Gasteiger partial charge in [0.2, 0.25) is 26.0 Å². The van der Waals surface area contributed by atoms with Gasteiger partial charge in [-0.25, -0.2) is 34.9 Å². The number of pyridine rings is 1. The molecule has 3 atom stereocenters. The fourth-order valence-corrected chi connectivity index (χ4v) is 13.1. The number of hydrogen-bond acceptors (Lipinski definition) is 9. The number of H-pyrrole nitrogens is 2. The lowest BCUT2D eigenvalue weighted by Gasteiger charge is -2.40. The summed E-state index contributed by atoms with van der Waals surface area (Å²) in [7, 11) is -3.52. The molecule has 3 aromatic heterocycles. The molecular formula is C48H54F2N8O6S2. The molecule has 3 unspecified atom stereocenters. The van der Waals surface area contributed by atoms with Crippen LogP contribution in [-0.4, -0.2) is 130 Å². The molecule has 14 nitrogen and oxygen atoms in total. The highest BCUT2D eigenvalue weighted by Crippen LogP contribution is 2.46. The number of benzene rings is 3. The van der Waals surface area contributed by atoms with E-state index in [2.05, 4.69) is 20.9 Å². The van der Waals surface area contributed by atoms with Gasteiger partial charge in [0.05, 0.1) is 29.8 Å². The van der Waals surface area contributed by atoms with Gasteiger partial charge in [0.15, 0.2) is 0 Å². The lowest BCUT2D eigenvalue weighted by molar-refractivity contribution is -0.130. The topological polar surface area (TPSA) is 155 Å². The molecule has 3 aromatic carbocycles. The molecule has 10 rings (SSSR count). The minimum absolute atomic E-state index is 0.0392. The number of amides is 1. The number of anilines is 2. The van der Waals surface area contributed by atoms with Crippen molar-refractivity contribution in [1.29, 1.82) is 0 Å². The van der Waals surface area contributed by atoms with Crippen molar-refractivity contribution in [3.8, 4) is 22.5 Å². The molecule has 2 bridgehead atoms. The van der Waals surface area contributed by atoms with E-state index >= 15 is 0 Å². The highest BCUT2D eigenvalue weighted by atomic mass is 32.2. The average Bonchev–Trinajstić information content (AvgIpc) is 4.15. The lowest BCUT2D eigenvalue weighted by atomic mass is 9.97. The van der Waals surface area contributed by atoms with Crippen LogP contribution >= 0.6 is 0 Å². The summed E-state index contributed by atoms with van der Waals surface area (Å²) in [6, 6.07) is 23.8. The number of aromatic nitrogens is 3. The Balaban J connectivity index is 0.942. The first-order valence-electron chi connectivity index (χ1n) is 22.6. The molecule has 1 aliphatic carbocycles. The minimum Gasteiger partial charge on any atom is -0.383 e. The molecule has 1 amide bonds. The Bertz CT molecular complexity index is 3030. The van der Waals surface area contributed by atoms with Crippen molar-refractivity contribution in [3.63, 3.8) is 0 Å². The summed E-state index contributed by atoms with van der Waals surface area (Å²) in [5, 5.41) is 1.81. The smallest absolute Gasteiger partial charge is 0.266 e. The Kier molecular flexibility index (Phi) is 11.5. The number of fused-ring (bicyclic) bond motifs is 4. The highest BCUT2D eigenvalue weighted by Gasteiger charge is 2.43. The molecule has 6 heterocycles. The van der Waals surface area contributed by atoms with Crippen molar-refractivity contribution in [1.82, 2.24) is 28.5 Å². The second-order valence-corrected chi connectivity index (χ2v) is 22.3. The number of nitrogens with one attached hydrogen (secondary N) is 2. The monoisotopic (exact) mass is 940 g/mol. The molecule has 66 heavy (non-hydrogen) atoms. The van der Waals surface area contributed by atoms with Gasteiger partial charge in [0.25, 0.3) is 5.92 Å². The van der Waals surface area contributed by atoms with Crippen LogP contribution in [0.4, 0.5) is 20.3 Å². The van der Waals surface area contributed by atoms with Crippen LogP contribution in [0.5, 0.6) is 0 Å². The number of halogens is 2. The maximum absolute atomic E-state index is 14.6. The lowest BCUT2D eigenvalue weighted by Crippen LogP contribution is -2.45. The number of carbonyl (C=O) groups is 1. The van der Waals surface area contributed by atoms with E-state index in [1.54, 1.807) is 24.1 Å². The van der Waals surface area contributed by atoms with Gasteiger partial charge in [0, 0.05) is 123 Å². The fraction of sp³-hybridized carbons (Fsp3) is 0.417. The zero-order chi connectivity index (χ0) is 46.1. The number of para-hydroxylation sites is 1. The fourth-order valence-electron chi connectivity index (χ4n) is 10.2. The number of likely N-dealkylation sites (N-methyl/N-ethyl adjacent to an activating group) is 1. The van der Waals surface area contributed by atoms with Crippen LogP contribution in [0, 0.1) is 5.92 Å². The van der Waals surface area contributed by atoms with Gasteiger partial charge < -0.3 is 29.4 Å². The third-order valence-electron chi connectivity index (χ3n) is 14.1. The van der Waals surface area contributed by atoms with Crippen LogP contribution in [0.15, 0.2) is 94.9 Å². The van der Waals surface area contributed by atoms with Gasteiger partial charge >= 0.3 is 0 Å². The molecule has 18 heteroatoms. The number of hydrogen-bond donors (Lipinski definition) is 2. The van der Waals surface area contributed by atoms with E-state index in [1.807, 2.05) is 48.5 Å². The second-order valence-electron chi connectivity index (χ2n) is 18.3. The number of rotatable bonds is 15. The first-order valence-corrected chi connectivity index (χ1v) is 25.4. The van der Waals surface area contributed by atoms with Gasteiger partial charge in [-0.3, -0.25) is 4.79 Å². The predicted octanol–water partition coefficient (Wildman–Crippen LogP) is 7.46. The molecular weight excluding hydrogens is 887 g/mol. The van der Waals surface area contributed by atoms with Gasteiger partial charge in [-0.1, -0.05) is 30.3 Å². The van der Waals surface area contributed by atoms with E-state index in [9.17, 15) is 30.4 Å². The summed E-state index contributed by atoms with van der Waals surface area (Å²) in [6.45, 7) is 1.47. The molecule has 3 saturated heterocycles. The maximum Gasteiger partial charge on any atom is 0.266 e. The molecule has 4 aliphatic rings. The van der Waals surface area contributed by atoms with Crippen LogP contribution in [0.2, 0.25) is 0 Å². The molecule has 0 spiro atoms. The van der Waals surface area contributed by atoms with Crippen LogP contribution in [0.1, 0.15) is 50.1 Å². The van der Waals surface area contributed by atoms with E-state index in [-0.39, 0.29) is 41.6 Å². The highest BCUT2D eigenvalue weighted by molar-refractivity contribution is 7.89. The number of piperidine rings is 1. The van der Waals surface area contributed by atoms with Gasteiger partial charge in [-0.2, -0.15) is 4.31 Å². The van der Waals surface area contributed by atoms with Crippen LogP contribution in [-0.2, 0) is 29.6 Å². The third-order valence-corrected chi connectivity index (χ3v) is 17.9. The number of aromatic amines is 2. The summed E-state index contributed by atoms with van der Waals surface area (Å²) >= 11 is 0. The molecule has 3 aliphatic heterocycles. The number of alkyl halides is 2. The average molecular weight is 941 g/mol. The van der Waals surface area contributed by atoms with Crippen LogP contribution in [0.25, 0.3) is 44.3 Å². The standard InChI is InChI=1S/C48H54F2N8O6S2/c1-54(20-21-64-3)46(59)15-17-55(2)65(60,61)36-12-13-45(56-19-16-48(49,50)30-56)38(26-36)42-24-33-9-10-34(25-41(33)53-42)44-14-18-58(44)66(62,63)37-27-39(43-23-32-6-4-5-7-40(32)52-43)47(51-28-37)57-29-31-8-11-35(57)22-31/h4-7,9-10,12-13,23-28,31,35,44,52-53H,8,11,14-22,29-30H2,1-3H3. The van der Waals surface area contributed by atoms with E-state index in [1.165, 1.54) is 48.1 Å². The van der Waals surface area contributed by atoms with Crippen molar-refractivity contribution in [2.45, 2.75) is 66.3 Å². The van der Waals surface area contributed by atoms with E-state index in [0.717, 1.165) is 62.6 Å². The molecule has 1 saturated carbocycles. The number of ether oxygens (including phenoxy) is 1. The van der Waals surface area contributed by atoms with E-state index in [0.29, 0.717) is 60.5 Å². The first kappa shape index (κ1) is 44.4. The Morgan fingerprint density at radius 2 is 1.62 bits per heavy atom. The Morgan fingerprint density at radius 1 is 0.864 bits per heavy atom. The van der Waals surface area contributed by atoms with Crippen molar-refractivity contribution in [3.05, 3.63) is 90.6 Å². The van der Waals surface area contributed by atoms with Gasteiger partial charge in [-0.05, 0) is 85.7 Å². The molecule has 348 valence electrons. The Morgan fingerprint density at radius 3 is 2.32 bits per heavy atom. The maximum atomic E-state index is 14.6. The quantitative estimate of drug-likeness (QED) is 0.107. The van der Waals surface area contributed by atoms with Crippen LogP contribution < -0.4 is 9.80 Å². The molecule has 0 radical (unpaired) electrons. The predicted molar refractivity (Wildman–Crippen MR) is 251 cm³/mol. The Hall–Kier alpha value is -5.40. The first-order chi connectivity index (χ1) is 31.6. The van der Waals surface area contributed by atoms with Crippen molar-refractivity contribution in [2.24, 2.45) is 5.92 Å². The zero-order valence-corrected chi connectivity index (χ0v) is 38.8. The summed E-state index contributed by atoms with van der Waals surface area (Å²) in [4.78, 5) is 30.0. The SMILES string of the molecule is COCCN(C)C(=O)CCN(C)S(=O)(=O)c1ccc(N2CCC(F)(F)C2)c(-c2cc3ccc(C4CCN4S(=O)(=O)c4cnc(N5CC6CCC5C6)c(-c5cc6ccccc6[nH]5)c4)cc3[nH]2)c1. The summed E-state index contributed by atoms with van der Waals surface area (Å²) < 4.78 is 94.0. The molecule has 2 N–H and O–H groups in total. The zero-order valence-electron chi connectivity index (χ0n) is 37.2. The largest absolute Gasteiger partial charge is 0.383 e. The van der Waals surface area contributed by atoms with Crippen molar-refractivity contribution < 1.29 is 35.1 Å². The molecule has 4 fully saturated rings. The number of sulfonamides is 2. The number of methoxy groups -OCH3 is 1. The number of carbonyl (C=O) groups excluding carboxylic acids is 1. The van der Waals surface area contributed by atoms with Crippen LogP contribution in [0.3, 0.4) is 0 Å². The number of nitrogens with zero attached hydrogens (tertiary/aromatic N) is 6. The second kappa shape index (κ2) is 17.0. The van der Waals surface area contributed by atoms with Crippen molar-refractivity contribution in [2.75, 3.05) is 76.9 Å². The van der Waals surface area contributed by atoms with Gasteiger partial charge in [0.1, 0.15) is 10.7 Å². The summed E-state index contributed by atoms with van der Waals surface area (Å²) in [5.41, 5.74) is 5.38. The Labute approximate surface area is 383 Å². The molecule has 6 aromatic rings.